The molecule has 0 saturated heterocycles. The standard InChI is InChI=1S/C19H26O/c1-18-8-6-14(20)10-12(18)2-4-15-16(18)7-9-19-11-13(19)3-5-17(15)19/h10,13,15-17H,2-9,11H2,1H3. The third kappa shape index (κ3) is 1.28. The fraction of sp³-hybridized carbons (Fsp3) is 0.842. The molecule has 5 aliphatic carbocycles. The van der Waals surface area contributed by atoms with Crippen LogP contribution in [0.2, 0.25) is 0 Å². The Morgan fingerprint density at radius 2 is 1.95 bits per heavy atom. The van der Waals surface area contributed by atoms with E-state index in [-0.39, 0.29) is 0 Å². The number of ketones is 1. The molecule has 0 amide bonds. The molecule has 1 heteroatoms. The third-order valence-corrected chi connectivity index (χ3v) is 8.32. The minimum absolute atomic E-state index is 0.380. The lowest BCUT2D eigenvalue weighted by molar-refractivity contribution is -0.117. The predicted octanol–water partition coefficient (Wildman–Crippen LogP) is 4.52. The van der Waals surface area contributed by atoms with E-state index in [1.807, 2.05) is 6.08 Å². The van der Waals surface area contributed by atoms with Crippen LogP contribution < -0.4 is 0 Å². The van der Waals surface area contributed by atoms with E-state index in [0.29, 0.717) is 11.2 Å². The average molecular weight is 270 g/mol. The van der Waals surface area contributed by atoms with Crippen molar-refractivity contribution in [2.75, 3.05) is 0 Å². The first-order valence-electron chi connectivity index (χ1n) is 8.87. The Morgan fingerprint density at radius 3 is 2.80 bits per heavy atom. The zero-order valence-corrected chi connectivity index (χ0v) is 12.7. The van der Waals surface area contributed by atoms with Crippen LogP contribution in [0.3, 0.4) is 0 Å². The van der Waals surface area contributed by atoms with Gasteiger partial charge in [-0.3, -0.25) is 4.79 Å². The van der Waals surface area contributed by atoms with E-state index in [0.717, 1.165) is 41.9 Å². The number of fused-ring (bicyclic) bond motifs is 4. The van der Waals surface area contributed by atoms with Gasteiger partial charge in [0.15, 0.2) is 5.78 Å². The maximum atomic E-state index is 11.8. The minimum atomic E-state index is 0.380. The molecule has 0 radical (unpaired) electrons. The van der Waals surface area contributed by atoms with Gasteiger partial charge in [0.25, 0.3) is 0 Å². The lowest BCUT2D eigenvalue weighted by Gasteiger charge is -2.55. The molecule has 0 aromatic rings. The van der Waals surface area contributed by atoms with Crippen LogP contribution in [0.15, 0.2) is 11.6 Å². The zero-order valence-electron chi connectivity index (χ0n) is 12.7. The number of hydrogen-bond donors (Lipinski definition) is 0. The molecule has 0 aromatic heterocycles. The van der Waals surface area contributed by atoms with Gasteiger partial charge in [-0.2, -0.15) is 0 Å². The number of allylic oxidation sites excluding steroid dienone is 1. The van der Waals surface area contributed by atoms with Crippen molar-refractivity contribution < 1.29 is 4.79 Å². The fourth-order valence-electron chi connectivity index (χ4n) is 7.23. The Labute approximate surface area is 122 Å². The molecule has 20 heavy (non-hydrogen) atoms. The van der Waals surface area contributed by atoms with Crippen LogP contribution in [0, 0.1) is 34.5 Å². The van der Waals surface area contributed by atoms with Gasteiger partial charge < -0.3 is 0 Å². The van der Waals surface area contributed by atoms with Crippen molar-refractivity contribution in [1.82, 2.24) is 0 Å². The van der Waals surface area contributed by atoms with Crippen LogP contribution in [0.5, 0.6) is 0 Å². The first-order valence-corrected chi connectivity index (χ1v) is 8.87. The molecule has 0 aromatic carbocycles. The first-order chi connectivity index (χ1) is 9.63. The second-order valence-corrected chi connectivity index (χ2v) is 8.72. The molecule has 4 saturated carbocycles. The van der Waals surface area contributed by atoms with Crippen molar-refractivity contribution in [2.24, 2.45) is 34.5 Å². The number of carbonyl (C=O) groups excluding carboxylic acids is 1. The maximum absolute atomic E-state index is 11.8. The molecule has 0 bridgehead atoms. The monoisotopic (exact) mass is 270 g/mol. The van der Waals surface area contributed by atoms with Crippen LogP contribution in [-0.4, -0.2) is 5.78 Å². The van der Waals surface area contributed by atoms with Crippen LogP contribution in [0.4, 0.5) is 0 Å². The van der Waals surface area contributed by atoms with E-state index in [1.165, 1.54) is 44.1 Å². The smallest absolute Gasteiger partial charge is 0.155 e. The van der Waals surface area contributed by atoms with Crippen LogP contribution in [0.1, 0.15) is 64.7 Å². The molecule has 1 nitrogen and oxygen atoms in total. The van der Waals surface area contributed by atoms with Gasteiger partial charge in [0.2, 0.25) is 0 Å². The van der Waals surface area contributed by atoms with Gasteiger partial charge in [0, 0.05) is 6.42 Å². The Morgan fingerprint density at radius 1 is 1.05 bits per heavy atom. The van der Waals surface area contributed by atoms with Gasteiger partial charge in [0.1, 0.15) is 0 Å². The highest BCUT2D eigenvalue weighted by Gasteiger charge is 2.67. The van der Waals surface area contributed by atoms with Crippen molar-refractivity contribution in [3.63, 3.8) is 0 Å². The Hall–Kier alpha value is -0.590. The van der Waals surface area contributed by atoms with Crippen LogP contribution in [0.25, 0.3) is 0 Å². The molecule has 0 aliphatic heterocycles. The predicted molar refractivity (Wildman–Crippen MR) is 79.1 cm³/mol. The highest BCUT2D eigenvalue weighted by molar-refractivity contribution is 5.91. The molecule has 6 atom stereocenters. The highest BCUT2D eigenvalue weighted by Crippen LogP contribution is 2.76. The second-order valence-electron chi connectivity index (χ2n) is 8.72. The molecule has 108 valence electrons. The summed E-state index contributed by atoms with van der Waals surface area (Å²) in [6, 6.07) is 0. The highest BCUT2D eigenvalue weighted by atomic mass is 16.1. The summed E-state index contributed by atoms with van der Waals surface area (Å²) in [7, 11) is 0. The Balaban J connectivity index is 1.52. The van der Waals surface area contributed by atoms with Crippen molar-refractivity contribution in [3.05, 3.63) is 11.6 Å². The number of carbonyl (C=O) groups is 1. The average Bonchev–Trinajstić information content (AvgIpc) is 3.01. The maximum Gasteiger partial charge on any atom is 0.155 e. The normalized spacial score (nSPS) is 56.2. The van der Waals surface area contributed by atoms with Gasteiger partial charge in [0.05, 0.1) is 0 Å². The number of hydrogen-bond acceptors (Lipinski definition) is 1. The summed E-state index contributed by atoms with van der Waals surface area (Å²) in [6.45, 7) is 2.50. The Kier molecular flexibility index (Phi) is 2.16. The summed E-state index contributed by atoms with van der Waals surface area (Å²) in [6.07, 6.45) is 14.2. The van der Waals surface area contributed by atoms with E-state index < -0.39 is 0 Å². The molecule has 1 spiro atoms. The van der Waals surface area contributed by atoms with Gasteiger partial charge >= 0.3 is 0 Å². The van der Waals surface area contributed by atoms with Crippen LogP contribution in [-0.2, 0) is 4.79 Å². The van der Waals surface area contributed by atoms with Gasteiger partial charge in [-0.1, -0.05) is 12.5 Å². The van der Waals surface area contributed by atoms with E-state index in [4.69, 9.17) is 0 Å². The lowest BCUT2D eigenvalue weighted by Crippen LogP contribution is -2.47. The summed E-state index contributed by atoms with van der Waals surface area (Å²) in [4.78, 5) is 11.8. The third-order valence-electron chi connectivity index (χ3n) is 8.32. The summed E-state index contributed by atoms with van der Waals surface area (Å²) in [5, 5.41) is 0. The van der Waals surface area contributed by atoms with Gasteiger partial charge in [-0.05, 0) is 91.9 Å². The molecule has 5 rings (SSSR count). The molecule has 5 aliphatic rings. The van der Waals surface area contributed by atoms with Gasteiger partial charge in [-0.25, -0.2) is 0 Å². The van der Waals surface area contributed by atoms with E-state index in [2.05, 4.69) is 6.92 Å². The summed E-state index contributed by atoms with van der Waals surface area (Å²) < 4.78 is 0. The quantitative estimate of drug-likeness (QED) is 0.632. The molecule has 6 unspecified atom stereocenters. The molecule has 0 N–H and O–H groups in total. The van der Waals surface area contributed by atoms with Gasteiger partial charge in [-0.15, -0.1) is 0 Å². The van der Waals surface area contributed by atoms with E-state index in [9.17, 15) is 4.79 Å². The number of rotatable bonds is 0. The largest absolute Gasteiger partial charge is 0.295 e. The molecular weight excluding hydrogens is 244 g/mol. The lowest BCUT2D eigenvalue weighted by atomic mass is 9.49. The summed E-state index contributed by atoms with van der Waals surface area (Å²) >= 11 is 0. The molecule has 0 heterocycles. The minimum Gasteiger partial charge on any atom is -0.295 e. The molecule has 4 fully saturated rings. The Bertz CT molecular complexity index is 518. The zero-order chi connectivity index (χ0) is 13.5. The first kappa shape index (κ1) is 12.0. The van der Waals surface area contributed by atoms with Crippen LogP contribution >= 0.6 is 0 Å². The SMILES string of the molecule is CC12CCC(=O)C=C1CCC1C2CCC23CC2CCC13. The van der Waals surface area contributed by atoms with Crippen molar-refractivity contribution >= 4 is 5.78 Å². The van der Waals surface area contributed by atoms with E-state index >= 15 is 0 Å². The van der Waals surface area contributed by atoms with Crippen molar-refractivity contribution in [1.29, 1.82) is 0 Å². The summed E-state index contributed by atoms with van der Waals surface area (Å²) in [5.41, 5.74) is 2.73. The van der Waals surface area contributed by atoms with E-state index in [1.54, 1.807) is 6.42 Å². The summed E-state index contributed by atoms with van der Waals surface area (Å²) in [5.74, 6) is 4.46. The fourth-order valence-corrected chi connectivity index (χ4v) is 7.23. The van der Waals surface area contributed by atoms with Crippen molar-refractivity contribution in [2.45, 2.75) is 64.7 Å². The molecular formula is C19H26O. The topological polar surface area (TPSA) is 17.1 Å². The van der Waals surface area contributed by atoms with Crippen molar-refractivity contribution in [3.8, 4) is 0 Å². The second kappa shape index (κ2) is 3.59.